The lowest BCUT2D eigenvalue weighted by Crippen LogP contribution is -2.41. The molecule has 16 heavy (non-hydrogen) atoms. The number of hydrogen-bond acceptors (Lipinski definition) is 6. The van der Waals surface area contributed by atoms with Crippen molar-refractivity contribution in [3.63, 3.8) is 0 Å². The van der Waals surface area contributed by atoms with Crippen LogP contribution in [-0.2, 0) is 9.59 Å². The van der Waals surface area contributed by atoms with Gasteiger partial charge < -0.3 is 15.7 Å². The van der Waals surface area contributed by atoms with E-state index in [0.29, 0.717) is 0 Å². The molecule has 0 bridgehead atoms. The lowest BCUT2D eigenvalue weighted by Gasteiger charge is -2.17. The fourth-order valence-electron chi connectivity index (χ4n) is 0.968. The van der Waals surface area contributed by atoms with E-state index in [2.05, 4.69) is 9.59 Å². The molecule has 0 unspecified atom stereocenters. The van der Waals surface area contributed by atoms with Gasteiger partial charge in [0.05, 0.1) is 6.20 Å². The number of rotatable bonds is 5. The van der Waals surface area contributed by atoms with E-state index in [9.17, 15) is 14.4 Å². The second-order valence-electron chi connectivity index (χ2n) is 2.80. The summed E-state index contributed by atoms with van der Waals surface area (Å²) >= 11 is 0.816. The lowest BCUT2D eigenvalue weighted by molar-refractivity contribution is -0.138. The number of amides is 2. The minimum atomic E-state index is -1.23. The number of carbonyl (C=O) groups is 3. The Kier molecular flexibility index (Phi) is 3.89. The molecule has 3 N–H and O–H groups in total. The molecule has 1 aromatic rings. The number of aromatic nitrogens is 2. The van der Waals surface area contributed by atoms with Crippen molar-refractivity contribution >= 4 is 29.3 Å². The summed E-state index contributed by atoms with van der Waals surface area (Å²) in [5.74, 6) is -2.64. The van der Waals surface area contributed by atoms with E-state index in [-0.39, 0.29) is 4.88 Å². The number of nitrogens with two attached hydrogens (primary N) is 1. The van der Waals surface area contributed by atoms with Crippen molar-refractivity contribution in [3.05, 3.63) is 11.1 Å². The van der Waals surface area contributed by atoms with Gasteiger partial charge in [0.15, 0.2) is 0 Å². The highest BCUT2D eigenvalue weighted by Gasteiger charge is 2.21. The topological polar surface area (TPSA) is 126 Å². The van der Waals surface area contributed by atoms with Gasteiger partial charge in [-0.15, -0.1) is 5.10 Å². The van der Waals surface area contributed by atoms with E-state index < -0.39 is 30.9 Å². The number of carbonyl (C=O) groups excluding carboxylic acids is 2. The molecule has 1 heterocycles. The van der Waals surface area contributed by atoms with Crippen molar-refractivity contribution in [2.75, 3.05) is 13.1 Å². The third-order valence-electron chi connectivity index (χ3n) is 1.53. The van der Waals surface area contributed by atoms with Crippen molar-refractivity contribution < 1.29 is 19.5 Å². The molecular weight excluding hydrogens is 236 g/mol. The first-order valence-corrected chi connectivity index (χ1v) is 4.84. The van der Waals surface area contributed by atoms with Gasteiger partial charge in [-0.1, -0.05) is 4.49 Å². The van der Waals surface area contributed by atoms with E-state index >= 15 is 0 Å². The molecule has 86 valence electrons. The minimum absolute atomic E-state index is 0.155. The third kappa shape index (κ3) is 3.28. The summed E-state index contributed by atoms with van der Waals surface area (Å²) < 4.78 is 3.46. The van der Waals surface area contributed by atoms with Crippen LogP contribution in [-0.4, -0.2) is 50.5 Å². The molecule has 0 atom stereocenters. The second-order valence-corrected chi connectivity index (χ2v) is 3.59. The van der Waals surface area contributed by atoms with Gasteiger partial charge in [-0.2, -0.15) is 0 Å². The SMILES string of the molecule is NC(=O)CN(CC(=O)O)C(=O)c1cnns1. The van der Waals surface area contributed by atoms with Crippen LogP contribution in [0.15, 0.2) is 6.20 Å². The minimum Gasteiger partial charge on any atom is -0.480 e. The first-order valence-electron chi connectivity index (χ1n) is 4.07. The van der Waals surface area contributed by atoms with Crippen LogP contribution >= 0.6 is 11.5 Å². The van der Waals surface area contributed by atoms with Crippen molar-refractivity contribution in [3.8, 4) is 0 Å². The summed E-state index contributed by atoms with van der Waals surface area (Å²) in [6, 6.07) is 0. The molecule has 8 nitrogen and oxygen atoms in total. The number of hydrogen-bond donors (Lipinski definition) is 2. The molecule has 0 aromatic carbocycles. The molecule has 0 radical (unpaired) electrons. The molecule has 0 aliphatic heterocycles. The normalized spacial score (nSPS) is 9.75. The fourth-order valence-corrected chi connectivity index (χ4v) is 1.45. The molecule has 0 spiro atoms. The van der Waals surface area contributed by atoms with E-state index in [1.54, 1.807) is 0 Å². The Labute approximate surface area is 93.8 Å². The van der Waals surface area contributed by atoms with Gasteiger partial charge in [-0.05, 0) is 11.5 Å². The highest BCUT2D eigenvalue weighted by atomic mass is 32.1. The second kappa shape index (κ2) is 5.16. The molecule has 0 saturated heterocycles. The molecule has 0 saturated carbocycles. The van der Waals surface area contributed by atoms with Crippen LogP contribution < -0.4 is 5.73 Å². The molecule has 2 amide bonds. The Hall–Kier alpha value is -2.03. The Bertz CT molecular complexity index is 389. The Morgan fingerprint density at radius 1 is 1.44 bits per heavy atom. The summed E-state index contributed by atoms with van der Waals surface area (Å²) in [5, 5.41) is 12.0. The highest BCUT2D eigenvalue weighted by Crippen LogP contribution is 2.06. The number of aliphatic carboxylic acids is 1. The standard InChI is InChI=1S/C7H8N4O4S/c8-5(12)2-11(3-6(13)14)7(15)4-1-9-10-16-4/h1H,2-3H2,(H2,8,12)(H,13,14). The van der Waals surface area contributed by atoms with Crippen molar-refractivity contribution in [2.24, 2.45) is 5.73 Å². The largest absolute Gasteiger partial charge is 0.480 e. The Morgan fingerprint density at radius 3 is 2.56 bits per heavy atom. The predicted octanol–water partition coefficient (Wildman–Crippen LogP) is -1.45. The van der Waals surface area contributed by atoms with Crippen LogP contribution in [0.3, 0.4) is 0 Å². The summed E-state index contributed by atoms with van der Waals surface area (Å²) in [6.07, 6.45) is 1.20. The van der Waals surface area contributed by atoms with Crippen LogP contribution in [0.1, 0.15) is 9.67 Å². The maximum Gasteiger partial charge on any atom is 0.323 e. The van der Waals surface area contributed by atoms with Crippen molar-refractivity contribution in [1.29, 1.82) is 0 Å². The van der Waals surface area contributed by atoms with Crippen LogP contribution in [0.5, 0.6) is 0 Å². The Balaban J connectivity index is 2.79. The zero-order valence-electron chi connectivity index (χ0n) is 7.99. The molecule has 0 aliphatic rings. The first kappa shape index (κ1) is 12.0. The van der Waals surface area contributed by atoms with Gasteiger partial charge in [-0.3, -0.25) is 14.4 Å². The first-order chi connectivity index (χ1) is 7.50. The zero-order valence-corrected chi connectivity index (χ0v) is 8.81. The molecular formula is C7H8N4O4S. The number of carboxylic acid groups (broad SMARTS) is 1. The van der Waals surface area contributed by atoms with Crippen LogP contribution in [0.4, 0.5) is 0 Å². The zero-order chi connectivity index (χ0) is 12.1. The van der Waals surface area contributed by atoms with E-state index in [1.165, 1.54) is 6.20 Å². The average Bonchev–Trinajstić information content (AvgIpc) is 2.66. The van der Waals surface area contributed by atoms with E-state index in [1.807, 2.05) is 0 Å². The number of primary amides is 1. The van der Waals surface area contributed by atoms with Crippen LogP contribution in [0.25, 0.3) is 0 Å². The quantitative estimate of drug-likeness (QED) is 0.652. The van der Waals surface area contributed by atoms with Crippen LogP contribution in [0, 0.1) is 0 Å². The molecule has 0 fully saturated rings. The molecule has 1 aromatic heterocycles. The third-order valence-corrected chi connectivity index (χ3v) is 2.18. The van der Waals surface area contributed by atoms with Gasteiger partial charge in [0.2, 0.25) is 5.91 Å². The van der Waals surface area contributed by atoms with Crippen molar-refractivity contribution in [2.45, 2.75) is 0 Å². The monoisotopic (exact) mass is 244 g/mol. The smallest absolute Gasteiger partial charge is 0.323 e. The van der Waals surface area contributed by atoms with Gasteiger partial charge in [0.25, 0.3) is 5.91 Å². The van der Waals surface area contributed by atoms with Gasteiger partial charge >= 0.3 is 5.97 Å². The van der Waals surface area contributed by atoms with Crippen LogP contribution in [0.2, 0.25) is 0 Å². The summed E-state index contributed by atoms with van der Waals surface area (Å²) in [4.78, 5) is 33.8. The molecule has 0 aliphatic carbocycles. The van der Waals surface area contributed by atoms with E-state index in [0.717, 1.165) is 16.4 Å². The summed E-state index contributed by atoms with van der Waals surface area (Å²) in [6.45, 7) is -1.05. The van der Waals surface area contributed by atoms with E-state index in [4.69, 9.17) is 10.8 Å². The predicted molar refractivity (Wildman–Crippen MR) is 52.6 cm³/mol. The fraction of sp³-hybridized carbons (Fsp3) is 0.286. The highest BCUT2D eigenvalue weighted by molar-refractivity contribution is 7.07. The average molecular weight is 244 g/mol. The van der Waals surface area contributed by atoms with Crippen molar-refractivity contribution in [1.82, 2.24) is 14.5 Å². The van der Waals surface area contributed by atoms with Gasteiger partial charge in [0, 0.05) is 0 Å². The molecule has 9 heteroatoms. The number of nitrogens with zero attached hydrogens (tertiary/aromatic N) is 3. The summed E-state index contributed by atoms with van der Waals surface area (Å²) in [5.41, 5.74) is 4.91. The Morgan fingerprint density at radius 2 is 2.12 bits per heavy atom. The van der Waals surface area contributed by atoms with Gasteiger partial charge in [0.1, 0.15) is 18.0 Å². The maximum atomic E-state index is 11.7. The summed E-state index contributed by atoms with van der Waals surface area (Å²) in [7, 11) is 0. The molecule has 1 rings (SSSR count). The van der Waals surface area contributed by atoms with Gasteiger partial charge in [-0.25, -0.2) is 0 Å². The lowest BCUT2D eigenvalue weighted by atomic mass is 10.4. The maximum absolute atomic E-state index is 11.7. The number of carboxylic acids is 1.